The standard InChI is InChI=1S/C20H16N4O4/c1-12(18-22-16-9-5-2-6-13(16)19(26)23-18)28-17(25)10-24-11-21-15-8-4-3-7-14(15)20(24)27/h2-9,11-12H,10H2,1H3,(H,22,23,26)/t12-/m1/s1. The number of carbonyl (C=O) groups is 1. The van der Waals surface area contributed by atoms with E-state index in [1.165, 1.54) is 10.9 Å². The number of nitrogens with zero attached hydrogens (tertiary/aromatic N) is 3. The highest BCUT2D eigenvalue weighted by molar-refractivity contribution is 5.78. The van der Waals surface area contributed by atoms with Crippen LogP contribution >= 0.6 is 0 Å². The number of aromatic amines is 1. The second kappa shape index (κ2) is 7.07. The van der Waals surface area contributed by atoms with Crippen LogP contribution in [0.3, 0.4) is 0 Å². The van der Waals surface area contributed by atoms with Crippen molar-refractivity contribution in [3.8, 4) is 0 Å². The first kappa shape index (κ1) is 17.6. The number of benzene rings is 2. The molecule has 4 aromatic rings. The number of rotatable bonds is 4. The zero-order valence-electron chi connectivity index (χ0n) is 15.0. The van der Waals surface area contributed by atoms with Gasteiger partial charge in [0.15, 0.2) is 11.9 Å². The molecule has 0 fully saturated rings. The van der Waals surface area contributed by atoms with Crippen molar-refractivity contribution >= 4 is 27.8 Å². The maximum absolute atomic E-state index is 12.5. The number of nitrogens with one attached hydrogen (secondary N) is 1. The summed E-state index contributed by atoms with van der Waals surface area (Å²) in [5, 5.41) is 0.880. The Labute approximate surface area is 158 Å². The predicted molar refractivity (Wildman–Crippen MR) is 103 cm³/mol. The topological polar surface area (TPSA) is 107 Å². The van der Waals surface area contributed by atoms with E-state index in [4.69, 9.17) is 4.74 Å². The first-order chi connectivity index (χ1) is 13.5. The Bertz CT molecular complexity index is 1310. The van der Waals surface area contributed by atoms with Gasteiger partial charge in [0.25, 0.3) is 11.1 Å². The molecule has 28 heavy (non-hydrogen) atoms. The minimum Gasteiger partial charge on any atom is -0.453 e. The molecule has 140 valence electrons. The molecule has 8 heteroatoms. The van der Waals surface area contributed by atoms with Gasteiger partial charge in [-0.25, -0.2) is 9.97 Å². The summed E-state index contributed by atoms with van der Waals surface area (Å²) < 4.78 is 6.54. The van der Waals surface area contributed by atoms with E-state index in [2.05, 4.69) is 15.0 Å². The summed E-state index contributed by atoms with van der Waals surface area (Å²) in [5.41, 5.74) is 0.438. The lowest BCUT2D eigenvalue weighted by Gasteiger charge is -2.13. The van der Waals surface area contributed by atoms with Gasteiger partial charge in [-0.1, -0.05) is 24.3 Å². The van der Waals surface area contributed by atoms with Gasteiger partial charge < -0.3 is 9.72 Å². The van der Waals surface area contributed by atoms with Gasteiger partial charge in [-0.15, -0.1) is 0 Å². The number of esters is 1. The van der Waals surface area contributed by atoms with E-state index >= 15 is 0 Å². The zero-order chi connectivity index (χ0) is 19.7. The molecule has 2 aromatic carbocycles. The summed E-state index contributed by atoms with van der Waals surface area (Å²) in [7, 11) is 0. The first-order valence-corrected chi connectivity index (χ1v) is 8.65. The third-order valence-electron chi connectivity index (χ3n) is 4.36. The number of carbonyl (C=O) groups excluding carboxylic acids is 1. The number of para-hydroxylation sites is 2. The van der Waals surface area contributed by atoms with Crippen LogP contribution in [0.25, 0.3) is 21.8 Å². The molecule has 0 unspecified atom stereocenters. The van der Waals surface area contributed by atoms with Crippen molar-refractivity contribution in [1.29, 1.82) is 0 Å². The molecule has 2 aromatic heterocycles. The fourth-order valence-electron chi connectivity index (χ4n) is 2.95. The van der Waals surface area contributed by atoms with Crippen LogP contribution in [0.15, 0.2) is 64.4 Å². The van der Waals surface area contributed by atoms with E-state index in [0.717, 1.165) is 0 Å². The maximum Gasteiger partial charge on any atom is 0.326 e. The van der Waals surface area contributed by atoms with E-state index in [0.29, 0.717) is 21.8 Å². The predicted octanol–water partition coefficient (Wildman–Crippen LogP) is 1.94. The molecule has 0 aliphatic heterocycles. The molecule has 0 radical (unpaired) electrons. The maximum atomic E-state index is 12.5. The van der Waals surface area contributed by atoms with Crippen molar-refractivity contribution in [2.24, 2.45) is 0 Å². The summed E-state index contributed by atoms with van der Waals surface area (Å²) in [6, 6.07) is 13.8. The van der Waals surface area contributed by atoms with Gasteiger partial charge in [0.2, 0.25) is 0 Å². The van der Waals surface area contributed by atoms with Crippen LogP contribution < -0.4 is 11.1 Å². The fourth-order valence-corrected chi connectivity index (χ4v) is 2.95. The van der Waals surface area contributed by atoms with E-state index in [-0.39, 0.29) is 23.5 Å². The molecular weight excluding hydrogens is 360 g/mol. The second-order valence-electron chi connectivity index (χ2n) is 6.30. The molecule has 0 saturated heterocycles. The molecule has 0 bridgehead atoms. The van der Waals surface area contributed by atoms with Crippen LogP contribution in [0.5, 0.6) is 0 Å². The van der Waals surface area contributed by atoms with Crippen molar-refractivity contribution < 1.29 is 9.53 Å². The molecule has 0 spiro atoms. The minimum atomic E-state index is -0.783. The monoisotopic (exact) mass is 376 g/mol. The largest absolute Gasteiger partial charge is 0.453 e. The highest BCUT2D eigenvalue weighted by Gasteiger charge is 2.17. The number of ether oxygens (including phenoxy) is 1. The molecule has 2 heterocycles. The molecule has 0 aliphatic rings. The third-order valence-corrected chi connectivity index (χ3v) is 4.36. The Balaban J connectivity index is 1.55. The third kappa shape index (κ3) is 3.27. The quantitative estimate of drug-likeness (QED) is 0.546. The highest BCUT2D eigenvalue weighted by Crippen LogP contribution is 2.14. The van der Waals surface area contributed by atoms with E-state index < -0.39 is 12.1 Å². The lowest BCUT2D eigenvalue weighted by molar-refractivity contribution is -0.149. The van der Waals surface area contributed by atoms with Gasteiger partial charge in [-0.05, 0) is 31.2 Å². The van der Waals surface area contributed by atoms with Crippen molar-refractivity contribution in [3.05, 3.63) is 81.4 Å². The molecule has 1 atom stereocenters. The summed E-state index contributed by atoms with van der Waals surface area (Å²) in [4.78, 5) is 48.1. The Morgan fingerprint density at radius 2 is 1.75 bits per heavy atom. The normalized spacial score (nSPS) is 12.2. The molecule has 0 saturated carbocycles. The molecule has 1 N–H and O–H groups in total. The molecule has 8 nitrogen and oxygen atoms in total. The summed E-state index contributed by atoms with van der Waals surface area (Å²) >= 11 is 0. The summed E-state index contributed by atoms with van der Waals surface area (Å²) in [5.74, 6) is -0.400. The van der Waals surface area contributed by atoms with Gasteiger partial charge in [0.05, 0.1) is 28.1 Å². The Kier molecular flexibility index (Phi) is 4.44. The van der Waals surface area contributed by atoms with Crippen LogP contribution in [0.2, 0.25) is 0 Å². The summed E-state index contributed by atoms with van der Waals surface area (Å²) in [6.07, 6.45) is 0.529. The van der Waals surface area contributed by atoms with Crippen LogP contribution in [0, 0.1) is 0 Å². The molecule has 4 rings (SSSR count). The van der Waals surface area contributed by atoms with Crippen LogP contribution in [0.4, 0.5) is 0 Å². The smallest absolute Gasteiger partial charge is 0.326 e. The number of fused-ring (bicyclic) bond motifs is 2. The van der Waals surface area contributed by atoms with Crippen molar-refractivity contribution in [3.63, 3.8) is 0 Å². The Morgan fingerprint density at radius 1 is 1.07 bits per heavy atom. The zero-order valence-corrected chi connectivity index (χ0v) is 15.0. The number of aromatic nitrogens is 4. The van der Waals surface area contributed by atoms with Crippen LogP contribution in [-0.4, -0.2) is 25.5 Å². The Hall–Kier alpha value is -3.81. The SMILES string of the molecule is C[C@@H](OC(=O)Cn1cnc2ccccc2c1=O)c1nc2ccccc2c(=O)[nH]1. The van der Waals surface area contributed by atoms with Crippen molar-refractivity contribution in [2.75, 3.05) is 0 Å². The first-order valence-electron chi connectivity index (χ1n) is 8.65. The average Bonchev–Trinajstić information content (AvgIpc) is 2.70. The van der Waals surface area contributed by atoms with Gasteiger partial charge in [-0.2, -0.15) is 0 Å². The molecule has 0 aliphatic carbocycles. The number of hydrogen-bond donors (Lipinski definition) is 1. The van der Waals surface area contributed by atoms with Crippen molar-refractivity contribution in [2.45, 2.75) is 19.6 Å². The highest BCUT2D eigenvalue weighted by atomic mass is 16.5. The number of hydrogen-bond acceptors (Lipinski definition) is 6. The molecule has 0 amide bonds. The van der Waals surface area contributed by atoms with Gasteiger partial charge in [0, 0.05) is 0 Å². The van der Waals surface area contributed by atoms with Crippen molar-refractivity contribution in [1.82, 2.24) is 19.5 Å². The Morgan fingerprint density at radius 3 is 2.54 bits per heavy atom. The fraction of sp³-hybridized carbons (Fsp3) is 0.150. The van der Waals surface area contributed by atoms with Gasteiger partial charge in [0.1, 0.15) is 6.54 Å². The van der Waals surface area contributed by atoms with E-state index in [9.17, 15) is 14.4 Å². The average molecular weight is 376 g/mol. The molecular formula is C20H16N4O4. The van der Waals surface area contributed by atoms with Crippen LogP contribution in [-0.2, 0) is 16.1 Å². The lowest BCUT2D eigenvalue weighted by atomic mass is 10.2. The van der Waals surface area contributed by atoms with Gasteiger partial charge >= 0.3 is 5.97 Å². The van der Waals surface area contributed by atoms with Crippen LogP contribution in [0.1, 0.15) is 18.9 Å². The lowest BCUT2D eigenvalue weighted by Crippen LogP contribution is -2.26. The van der Waals surface area contributed by atoms with Gasteiger partial charge in [-0.3, -0.25) is 19.0 Å². The van der Waals surface area contributed by atoms with E-state index in [1.54, 1.807) is 55.5 Å². The second-order valence-corrected chi connectivity index (χ2v) is 6.30. The van der Waals surface area contributed by atoms with E-state index in [1.807, 2.05) is 0 Å². The number of H-pyrrole nitrogens is 1. The minimum absolute atomic E-state index is 0.237. The summed E-state index contributed by atoms with van der Waals surface area (Å²) in [6.45, 7) is 1.31.